The van der Waals surface area contributed by atoms with Gasteiger partial charge < -0.3 is 0 Å². The van der Waals surface area contributed by atoms with Gasteiger partial charge in [0.2, 0.25) is 0 Å². The Labute approximate surface area is 92.7 Å². The van der Waals surface area contributed by atoms with E-state index in [1.165, 1.54) is 0 Å². The smallest absolute Gasteiger partial charge is 0.161 e. The van der Waals surface area contributed by atoms with E-state index in [4.69, 9.17) is 11.6 Å². The Morgan fingerprint density at radius 3 is 2.92 bits per heavy atom. The van der Waals surface area contributed by atoms with E-state index in [0.29, 0.717) is 15.5 Å². The highest BCUT2D eigenvalue weighted by Crippen LogP contribution is 2.23. The van der Waals surface area contributed by atoms with Crippen LogP contribution in [-0.4, -0.2) is 9.97 Å². The predicted octanol–water partition coefficient (Wildman–Crippen LogP) is 3.62. The molecular weight excluding hydrogens is 272 g/mol. The van der Waals surface area contributed by atoms with E-state index in [1.807, 2.05) is 16.8 Å². The van der Waals surface area contributed by atoms with Crippen molar-refractivity contribution in [2.75, 3.05) is 0 Å². The van der Waals surface area contributed by atoms with E-state index < -0.39 is 0 Å². The summed E-state index contributed by atoms with van der Waals surface area (Å²) in [6.45, 7) is 0. The van der Waals surface area contributed by atoms with Crippen LogP contribution in [0.5, 0.6) is 0 Å². The summed E-state index contributed by atoms with van der Waals surface area (Å²) >= 11 is 10.7. The summed E-state index contributed by atoms with van der Waals surface area (Å²) in [7, 11) is 0. The van der Waals surface area contributed by atoms with Gasteiger partial charge in [0.1, 0.15) is 5.15 Å². The third-order valence-electron chi connectivity index (χ3n) is 1.48. The Hall–Kier alpha value is -0.450. The lowest BCUT2D eigenvalue weighted by Gasteiger charge is -1.97. The fourth-order valence-electron chi connectivity index (χ4n) is 0.877. The maximum Gasteiger partial charge on any atom is 0.161 e. The second kappa shape index (κ2) is 3.74. The number of nitrogens with zero attached hydrogens (tertiary/aromatic N) is 2. The average Bonchev–Trinajstić information content (AvgIpc) is 2.62. The molecule has 0 saturated carbocycles. The molecule has 0 fully saturated rings. The fraction of sp³-hybridized carbons (Fsp3) is 0. The molecule has 0 bridgehead atoms. The Morgan fingerprint density at radius 1 is 1.46 bits per heavy atom. The topological polar surface area (TPSA) is 25.8 Å². The van der Waals surface area contributed by atoms with E-state index in [0.717, 1.165) is 5.56 Å². The number of hydrogen-bond acceptors (Lipinski definition) is 3. The van der Waals surface area contributed by atoms with Gasteiger partial charge in [-0.3, -0.25) is 0 Å². The van der Waals surface area contributed by atoms with Crippen molar-refractivity contribution in [1.29, 1.82) is 0 Å². The first-order valence-electron chi connectivity index (χ1n) is 3.48. The van der Waals surface area contributed by atoms with Crippen molar-refractivity contribution in [3.8, 4) is 11.4 Å². The second-order valence-electron chi connectivity index (χ2n) is 2.34. The lowest BCUT2D eigenvalue weighted by molar-refractivity contribution is 1.16. The maximum atomic E-state index is 5.84. The molecule has 2 aromatic rings. The molecule has 0 aliphatic heterocycles. The van der Waals surface area contributed by atoms with Crippen molar-refractivity contribution in [1.82, 2.24) is 9.97 Å². The number of hydrogen-bond donors (Lipinski definition) is 0. The minimum atomic E-state index is 0.441. The van der Waals surface area contributed by atoms with E-state index in [-0.39, 0.29) is 0 Å². The van der Waals surface area contributed by atoms with Gasteiger partial charge in [0.15, 0.2) is 5.82 Å². The van der Waals surface area contributed by atoms with E-state index in [1.54, 1.807) is 17.5 Å². The standard InChI is InChI=1S/C8H4BrClN2S/c9-6-3-11-8(12-7(6)10)5-1-2-13-4-5/h1-4H. The minimum Gasteiger partial charge on any atom is -0.235 e. The van der Waals surface area contributed by atoms with Crippen LogP contribution in [0.15, 0.2) is 27.5 Å². The van der Waals surface area contributed by atoms with Gasteiger partial charge in [-0.15, -0.1) is 0 Å². The lowest BCUT2D eigenvalue weighted by atomic mass is 10.3. The van der Waals surface area contributed by atoms with Crippen molar-refractivity contribution in [2.24, 2.45) is 0 Å². The first-order chi connectivity index (χ1) is 6.27. The van der Waals surface area contributed by atoms with E-state index in [2.05, 4.69) is 25.9 Å². The van der Waals surface area contributed by atoms with Crippen LogP contribution < -0.4 is 0 Å². The first kappa shape index (κ1) is 9.12. The number of halogens is 2. The summed E-state index contributed by atoms with van der Waals surface area (Å²) in [6.07, 6.45) is 1.66. The summed E-state index contributed by atoms with van der Waals surface area (Å²) in [4.78, 5) is 8.28. The Morgan fingerprint density at radius 2 is 2.31 bits per heavy atom. The van der Waals surface area contributed by atoms with Crippen LogP contribution in [0.1, 0.15) is 0 Å². The molecule has 2 nitrogen and oxygen atoms in total. The Balaban J connectivity index is 2.49. The Bertz CT molecular complexity index is 416. The van der Waals surface area contributed by atoms with Crippen LogP contribution in [0.2, 0.25) is 5.15 Å². The highest BCUT2D eigenvalue weighted by atomic mass is 79.9. The fourth-order valence-corrected chi connectivity index (χ4v) is 1.83. The molecule has 66 valence electrons. The molecule has 0 aromatic carbocycles. The zero-order valence-corrected chi connectivity index (χ0v) is 9.53. The quantitative estimate of drug-likeness (QED) is 0.743. The normalized spacial score (nSPS) is 10.3. The van der Waals surface area contributed by atoms with Crippen LogP contribution in [0, 0.1) is 0 Å². The third-order valence-corrected chi connectivity index (χ3v) is 3.26. The van der Waals surface area contributed by atoms with Crippen molar-refractivity contribution >= 4 is 38.9 Å². The summed E-state index contributed by atoms with van der Waals surface area (Å²) in [6, 6.07) is 1.96. The number of thiophene rings is 1. The maximum absolute atomic E-state index is 5.84. The monoisotopic (exact) mass is 274 g/mol. The second-order valence-corrected chi connectivity index (χ2v) is 4.34. The van der Waals surface area contributed by atoms with Crippen molar-refractivity contribution in [2.45, 2.75) is 0 Å². The molecule has 0 radical (unpaired) electrons. The molecular formula is C8H4BrClN2S. The molecule has 2 rings (SSSR count). The SMILES string of the molecule is Clc1nc(-c2ccsc2)ncc1Br. The zero-order valence-electron chi connectivity index (χ0n) is 6.37. The van der Waals surface area contributed by atoms with Gasteiger partial charge in [-0.05, 0) is 27.4 Å². The molecule has 2 heterocycles. The molecule has 0 N–H and O–H groups in total. The summed E-state index contributed by atoms with van der Waals surface area (Å²) < 4.78 is 0.716. The van der Waals surface area contributed by atoms with Gasteiger partial charge in [-0.25, -0.2) is 9.97 Å². The van der Waals surface area contributed by atoms with E-state index in [9.17, 15) is 0 Å². The molecule has 0 spiro atoms. The summed E-state index contributed by atoms with van der Waals surface area (Å²) in [5, 5.41) is 4.41. The molecule has 0 aliphatic carbocycles. The van der Waals surface area contributed by atoms with Gasteiger partial charge in [-0.2, -0.15) is 11.3 Å². The number of rotatable bonds is 1. The van der Waals surface area contributed by atoms with Crippen molar-refractivity contribution in [3.63, 3.8) is 0 Å². The largest absolute Gasteiger partial charge is 0.235 e. The van der Waals surface area contributed by atoms with Crippen molar-refractivity contribution < 1.29 is 0 Å². The van der Waals surface area contributed by atoms with Crippen LogP contribution in [0.4, 0.5) is 0 Å². The lowest BCUT2D eigenvalue weighted by Crippen LogP contribution is -1.87. The van der Waals surface area contributed by atoms with Crippen LogP contribution >= 0.6 is 38.9 Å². The molecule has 0 aliphatic rings. The Kier molecular flexibility index (Phi) is 2.62. The summed E-state index contributed by atoms with van der Waals surface area (Å²) in [5.41, 5.74) is 0.999. The molecule has 0 amide bonds. The van der Waals surface area contributed by atoms with E-state index >= 15 is 0 Å². The van der Waals surface area contributed by atoms with Gasteiger partial charge >= 0.3 is 0 Å². The average molecular weight is 276 g/mol. The molecule has 13 heavy (non-hydrogen) atoms. The molecule has 0 atom stereocenters. The highest BCUT2D eigenvalue weighted by Gasteiger charge is 2.04. The van der Waals surface area contributed by atoms with Gasteiger partial charge in [0.05, 0.1) is 4.47 Å². The molecule has 2 aromatic heterocycles. The zero-order chi connectivity index (χ0) is 9.26. The molecule has 5 heteroatoms. The predicted molar refractivity (Wildman–Crippen MR) is 58.1 cm³/mol. The third kappa shape index (κ3) is 1.90. The van der Waals surface area contributed by atoms with Gasteiger partial charge in [0, 0.05) is 17.1 Å². The first-order valence-corrected chi connectivity index (χ1v) is 5.59. The molecule has 0 unspecified atom stereocenters. The van der Waals surface area contributed by atoms with Crippen LogP contribution in [-0.2, 0) is 0 Å². The molecule has 0 saturated heterocycles. The van der Waals surface area contributed by atoms with Crippen LogP contribution in [0.3, 0.4) is 0 Å². The van der Waals surface area contributed by atoms with Gasteiger partial charge in [0.25, 0.3) is 0 Å². The van der Waals surface area contributed by atoms with Crippen LogP contribution in [0.25, 0.3) is 11.4 Å². The van der Waals surface area contributed by atoms with Crippen molar-refractivity contribution in [3.05, 3.63) is 32.6 Å². The highest BCUT2D eigenvalue weighted by molar-refractivity contribution is 9.10. The number of aromatic nitrogens is 2. The summed E-state index contributed by atoms with van der Waals surface area (Å²) in [5.74, 6) is 0.662. The minimum absolute atomic E-state index is 0.441. The van der Waals surface area contributed by atoms with Gasteiger partial charge in [-0.1, -0.05) is 11.6 Å².